The summed E-state index contributed by atoms with van der Waals surface area (Å²) in [5, 5.41) is 9.11. The van der Waals surface area contributed by atoms with E-state index in [1.54, 1.807) is 12.3 Å². The lowest BCUT2D eigenvalue weighted by Crippen LogP contribution is -2.02. The van der Waals surface area contributed by atoms with E-state index in [9.17, 15) is 0 Å². The molecule has 0 saturated heterocycles. The molecule has 0 atom stereocenters. The van der Waals surface area contributed by atoms with Gasteiger partial charge in [-0.1, -0.05) is 11.6 Å². The van der Waals surface area contributed by atoms with E-state index in [0.717, 1.165) is 5.69 Å². The summed E-state index contributed by atoms with van der Waals surface area (Å²) in [6.45, 7) is 2.42. The molecule has 72 valence electrons. The van der Waals surface area contributed by atoms with Crippen LogP contribution in [0, 0.1) is 6.92 Å². The lowest BCUT2D eigenvalue weighted by atomic mass is 10.3. The van der Waals surface area contributed by atoms with E-state index >= 15 is 0 Å². The van der Waals surface area contributed by atoms with Crippen molar-refractivity contribution >= 4 is 11.6 Å². The van der Waals surface area contributed by atoms with Crippen molar-refractivity contribution in [1.82, 2.24) is 4.98 Å². The Morgan fingerprint density at radius 3 is 3.00 bits per heavy atom. The Labute approximate surface area is 82.3 Å². The third kappa shape index (κ3) is 2.86. The molecule has 0 bridgehead atoms. The lowest BCUT2D eigenvalue weighted by Gasteiger charge is -2.08. The van der Waals surface area contributed by atoms with Gasteiger partial charge in [-0.2, -0.15) is 0 Å². The number of hydrogen-bond donors (Lipinski definition) is 1. The monoisotopic (exact) mass is 201 g/mol. The summed E-state index contributed by atoms with van der Waals surface area (Å²) >= 11 is 5.88. The minimum absolute atomic E-state index is 0.122. The fourth-order valence-electron chi connectivity index (χ4n) is 0.934. The maximum atomic E-state index is 8.55. The number of ether oxygens (including phenoxy) is 1. The van der Waals surface area contributed by atoms with Crippen LogP contribution in [-0.4, -0.2) is 23.3 Å². The molecular formula is C9H12ClNO2. The number of rotatable bonds is 4. The number of aromatic nitrogens is 1. The van der Waals surface area contributed by atoms with Gasteiger partial charge in [-0.05, 0) is 13.0 Å². The number of aryl methyl sites for hydroxylation is 1. The van der Waals surface area contributed by atoms with Crippen LogP contribution in [0.15, 0.2) is 12.3 Å². The molecule has 1 aromatic rings. The number of aliphatic hydroxyl groups is 1. The second-order valence-corrected chi connectivity index (χ2v) is 3.04. The highest BCUT2D eigenvalue weighted by molar-refractivity contribution is 6.32. The van der Waals surface area contributed by atoms with Gasteiger partial charge in [0.25, 0.3) is 0 Å². The van der Waals surface area contributed by atoms with Gasteiger partial charge in [-0.25, -0.2) is 0 Å². The summed E-state index contributed by atoms with van der Waals surface area (Å²) in [4.78, 5) is 4.05. The second-order valence-electron chi connectivity index (χ2n) is 2.63. The standard InChI is InChI=1S/C9H12ClNO2/c1-7-9(13-6-2-5-12)8(10)3-4-11-7/h3-4,12H,2,5-6H2,1H3. The maximum Gasteiger partial charge on any atom is 0.159 e. The average Bonchev–Trinajstić information content (AvgIpc) is 2.10. The SMILES string of the molecule is Cc1nccc(Cl)c1OCCCO. The third-order valence-corrected chi connectivity index (χ3v) is 1.88. The van der Waals surface area contributed by atoms with Crippen LogP contribution in [0.2, 0.25) is 5.02 Å². The van der Waals surface area contributed by atoms with Gasteiger partial charge in [0.2, 0.25) is 0 Å². The Hall–Kier alpha value is -0.800. The molecule has 0 aliphatic carbocycles. The smallest absolute Gasteiger partial charge is 0.159 e. The first kappa shape index (κ1) is 10.3. The predicted molar refractivity (Wildman–Crippen MR) is 51.2 cm³/mol. The van der Waals surface area contributed by atoms with Crippen molar-refractivity contribution in [1.29, 1.82) is 0 Å². The molecule has 0 radical (unpaired) electrons. The van der Waals surface area contributed by atoms with Gasteiger partial charge in [0.05, 0.1) is 17.3 Å². The Bertz CT molecular complexity index is 258. The van der Waals surface area contributed by atoms with E-state index in [-0.39, 0.29) is 6.61 Å². The largest absolute Gasteiger partial charge is 0.490 e. The first-order valence-electron chi connectivity index (χ1n) is 4.10. The van der Waals surface area contributed by atoms with Crippen molar-refractivity contribution in [3.63, 3.8) is 0 Å². The van der Waals surface area contributed by atoms with Gasteiger partial charge >= 0.3 is 0 Å². The zero-order valence-electron chi connectivity index (χ0n) is 7.46. The minimum Gasteiger partial charge on any atom is -0.490 e. The van der Waals surface area contributed by atoms with Gasteiger partial charge in [-0.15, -0.1) is 0 Å². The first-order chi connectivity index (χ1) is 6.25. The summed E-state index contributed by atoms with van der Waals surface area (Å²) in [6, 6.07) is 1.68. The minimum atomic E-state index is 0.122. The number of aliphatic hydroxyl groups excluding tert-OH is 1. The third-order valence-electron chi connectivity index (χ3n) is 1.58. The Kier molecular flexibility index (Phi) is 3.99. The molecule has 3 nitrogen and oxygen atoms in total. The lowest BCUT2D eigenvalue weighted by molar-refractivity contribution is 0.232. The van der Waals surface area contributed by atoms with Crippen LogP contribution in [0.1, 0.15) is 12.1 Å². The Balaban J connectivity index is 2.64. The van der Waals surface area contributed by atoms with E-state index in [1.165, 1.54) is 0 Å². The highest BCUT2D eigenvalue weighted by atomic mass is 35.5. The molecule has 0 aromatic carbocycles. The zero-order chi connectivity index (χ0) is 9.68. The van der Waals surface area contributed by atoms with Crippen molar-refractivity contribution < 1.29 is 9.84 Å². The Morgan fingerprint density at radius 1 is 1.62 bits per heavy atom. The average molecular weight is 202 g/mol. The molecule has 0 spiro atoms. The van der Waals surface area contributed by atoms with Crippen LogP contribution in [-0.2, 0) is 0 Å². The van der Waals surface area contributed by atoms with Gasteiger partial charge in [0.1, 0.15) is 0 Å². The molecule has 1 rings (SSSR count). The molecule has 0 aliphatic heterocycles. The van der Waals surface area contributed by atoms with E-state index in [1.807, 2.05) is 6.92 Å². The first-order valence-corrected chi connectivity index (χ1v) is 4.48. The van der Waals surface area contributed by atoms with Crippen LogP contribution >= 0.6 is 11.6 Å². The summed E-state index contributed by atoms with van der Waals surface area (Å²) in [6.07, 6.45) is 2.24. The van der Waals surface area contributed by atoms with Crippen molar-refractivity contribution in [2.24, 2.45) is 0 Å². The summed E-state index contributed by atoms with van der Waals surface area (Å²) in [7, 11) is 0. The Morgan fingerprint density at radius 2 is 2.38 bits per heavy atom. The summed E-state index contributed by atoms with van der Waals surface area (Å²) in [5.74, 6) is 0.609. The summed E-state index contributed by atoms with van der Waals surface area (Å²) < 4.78 is 5.35. The fourth-order valence-corrected chi connectivity index (χ4v) is 1.18. The molecule has 1 aromatic heterocycles. The molecule has 0 fully saturated rings. The molecule has 0 unspecified atom stereocenters. The topological polar surface area (TPSA) is 42.4 Å². The quantitative estimate of drug-likeness (QED) is 0.756. The molecule has 4 heteroatoms. The zero-order valence-corrected chi connectivity index (χ0v) is 8.21. The van der Waals surface area contributed by atoms with E-state index in [2.05, 4.69) is 4.98 Å². The van der Waals surface area contributed by atoms with Crippen LogP contribution in [0.25, 0.3) is 0 Å². The van der Waals surface area contributed by atoms with Crippen LogP contribution in [0.4, 0.5) is 0 Å². The maximum absolute atomic E-state index is 8.55. The molecule has 0 amide bonds. The van der Waals surface area contributed by atoms with Crippen molar-refractivity contribution in [2.45, 2.75) is 13.3 Å². The van der Waals surface area contributed by atoms with Crippen LogP contribution in [0.5, 0.6) is 5.75 Å². The van der Waals surface area contributed by atoms with Crippen LogP contribution < -0.4 is 4.74 Å². The number of nitrogens with zero attached hydrogens (tertiary/aromatic N) is 1. The van der Waals surface area contributed by atoms with Gasteiger partial charge in [0, 0.05) is 19.2 Å². The van der Waals surface area contributed by atoms with Crippen LogP contribution in [0.3, 0.4) is 0 Å². The molecule has 1 heterocycles. The number of halogens is 1. The highest BCUT2D eigenvalue weighted by Gasteiger charge is 2.04. The summed E-state index contributed by atoms with van der Waals surface area (Å²) in [5.41, 5.74) is 0.769. The van der Waals surface area contributed by atoms with E-state index in [0.29, 0.717) is 23.8 Å². The molecule has 0 saturated carbocycles. The van der Waals surface area contributed by atoms with E-state index < -0.39 is 0 Å². The van der Waals surface area contributed by atoms with Gasteiger partial charge in [-0.3, -0.25) is 4.98 Å². The van der Waals surface area contributed by atoms with Crippen molar-refractivity contribution in [3.05, 3.63) is 23.0 Å². The van der Waals surface area contributed by atoms with Crippen molar-refractivity contribution in [3.8, 4) is 5.75 Å². The molecular weight excluding hydrogens is 190 g/mol. The molecule has 13 heavy (non-hydrogen) atoms. The highest BCUT2D eigenvalue weighted by Crippen LogP contribution is 2.26. The number of hydrogen-bond acceptors (Lipinski definition) is 3. The molecule has 1 N–H and O–H groups in total. The predicted octanol–water partition coefficient (Wildman–Crippen LogP) is 1.80. The van der Waals surface area contributed by atoms with Gasteiger partial charge in [0.15, 0.2) is 5.75 Å². The second kappa shape index (κ2) is 5.04. The molecule has 0 aliphatic rings. The fraction of sp³-hybridized carbons (Fsp3) is 0.444. The van der Waals surface area contributed by atoms with Gasteiger partial charge < -0.3 is 9.84 Å². The van der Waals surface area contributed by atoms with E-state index in [4.69, 9.17) is 21.4 Å². The number of pyridine rings is 1. The van der Waals surface area contributed by atoms with Crippen molar-refractivity contribution in [2.75, 3.05) is 13.2 Å². The normalized spacial score (nSPS) is 10.1.